The van der Waals surface area contributed by atoms with E-state index >= 15 is 0 Å². The van der Waals surface area contributed by atoms with Crippen LogP contribution in [-0.2, 0) is 4.79 Å². The van der Waals surface area contributed by atoms with Gasteiger partial charge in [0, 0.05) is 10.8 Å². The molecule has 3 heteroatoms. The van der Waals surface area contributed by atoms with Gasteiger partial charge < -0.3 is 0 Å². The second-order valence-electron chi connectivity index (χ2n) is 3.76. The third-order valence-electron chi connectivity index (χ3n) is 2.67. The molecule has 0 aliphatic carbocycles. The summed E-state index contributed by atoms with van der Waals surface area (Å²) in [4.78, 5) is 18.4. The van der Waals surface area contributed by atoms with Crippen molar-refractivity contribution in [2.75, 3.05) is 0 Å². The molecular weight excluding hydrogens is 212 g/mol. The van der Waals surface area contributed by atoms with Crippen LogP contribution in [0.5, 0.6) is 0 Å². The molecule has 3 aromatic rings. The molecule has 1 aromatic heterocycles. The number of nitrogens with zero attached hydrogens (tertiary/aromatic N) is 2. The fourth-order valence-electron chi connectivity index (χ4n) is 1.89. The van der Waals surface area contributed by atoms with Crippen molar-refractivity contribution in [2.45, 2.75) is 0 Å². The van der Waals surface area contributed by atoms with E-state index in [1.807, 2.05) is 42.5 Å². The van der Waals surface area contributed by atoms with Gasteiger partial charge in [-0.25, -0.2) is 9.78 Å². The van der Waals surface area contributed by atoms with E-state index in [1.165, 1.54) is 0 Å². The second kappa shape index (κ2) is 3.81. The minimum absolute atomic E-state index is 0.601. The average molecular weight is 220 g/mol. The summed E-state index contributed by atoms with van der Waals surface area (Å²) in [7, 11) is 0. The second-order valence-corrected chi connectivity index (χ2v) is 3.76. The van der Waals surface area contributed by atoms with E-state index in [2.05, 4.69) is 9.98 Å². The molecule has 3 rings (SSSR count). The van der Waals surface area contributed by atoms with E-state index in [1.54, 1.807) is 12.1 Å². The Labute approximate surface area is 97.4 Å². The SMILES string of the molecule is O=C=Nc1ccc2nc3ccccc3cc2c1. The molecule has 1 heterocycles. The first-order valence-corrected chi connectivity index (χ1v) is 5.24. The molecular formula is C14H8N2O. The fourth-order valence-corrected chi connectivity index (χ4v) is 1.89. The molecule has 80 valence electrons. The molecule has 17 heavy (non-hydrogen) atoms. The summed E-state index contributed by atoms with van der Waals surface area (Å²) in [5, 5.41) is 2.05. The maximum atomic E-state index is 10.2. The van der Waals surface area contributed by atoms with Crippen molar-refractivity contribution < 1.29 is 4.79 Å². The Morgan fingerprint density at radius 2 is 1.76 bits per heavy atom. The number of fused-ring (bicyclic) bond motifs is 2. The van der Waals surface area contributed by atoms with Crippen molar-refractivity contribution in [2.24, 2.45) is 4.99 Å². The van der Waals surface area contributed by atoms with Crippen LogP contribution in [0.2, 0.25) is 0 Å². The molecule has 0 radical (unpaired) electrons. The number of aromatic nitrogens is 1. The molecule has 2 aromatic carbocycles. The summed E-state index contributed by atoms with van der Waals surface area (Å²) in [6.45, 7) is 0. The van der Waals surface area contributed by atoms with Gasteiger partial charge in [-0.3, -0.25) is 0 Å². The van der Waals surface area contributed by atoms with Crippen molar-refractivity contribution in [1.82, 2.24) is 4.98 Å². The molecule has 0 saturated heterocycles. The van der Waals surface area contributed by atoms with E-state index in [-0.39, 0.29) is 0 Å². The first-order chi connectivity index (χ1) is 8.36. The lowest BCUT2D eigenvalue weighted by Crippen LogP contribution is -1.81. The van der Waals surface area contributed by atoms with Crippen LogP contribution in [-0.4, -0.2) is 11.1 Å². The van der Waals surface area contributed by atoms with E-state index in [0.717, 1.165) is 21.8 Å². The number of hydrogen-bond acceptors (Lipinski definition) is 3. The number of carbonyl (C=O) groups excluding carboxylic acids is 1. The number of isocyanates is 1. The molecule has 0 atom stereocenters. The van der Waals surface area contributed by atoms with Gasteiger partial charge >= 0.3 is 0 Å². The van der Waals surface area contributed by atoms with Crippen molar-refractivity contribution >= 4 is 33.6 Å². The summed E-state index contributed by atoms with van der Waals surface area (Å²) < 4.78 is 0. The van der Waals surface area contributed by atoms with Gasteiger partial charge in [0.1, 0.15) is 0 Å². The largest absolute Gasteiger partial charge is 0.248 e. The molecule has 0 N–H and O–H groups in total. The first-order valence-electron chi connectivity index (χ1n) is 5.24. The van der Waals surface area contributed by atoms with Gasteiger partial charge in [-0.15, -0.1) is 0 Å². The zero-order valence-corrected chi connectivity index (χ0v) is 8.92. The van der Waals surface area contributed by atoms with Crippen LogP contribution < -0.4 is 0 Å². The van der Waals surface area contributed by atoms with Crippen LogP contribution in [0.1, 0.15) is 0 Å². The zero-order valence-electron chi connectivity index (χ0n) is 8.92. The van der Waals surface area contributed by atoms with Crippen LogP contribution in [0.15, 0.2) is 53.5 Å². The topological polar surface area (TPSA) is 42.3 Å². The minimum atomic E-state index is 0.601. The third-order valence-corrected chi connectivity index (χ3v) is 2.67. The summed E-state index contributed by atoms with van der Waals surface area (Å²) in [5.74, 6) is 0. The van der Waals surface area contributed by atoms with E-state index in [0.29, 0.717) is 5.69 Å². The van der Waals surface area contributed by atoms with E-state index < -0.39 is 0 Å². The van der Waals surface area contributed by atoms with Gasteiger partial charge in [-0.1, -0.05) is 18.2 Å². The predicted octanol–water partition coefficient (Wildman–Crippen LogP) is 3.36. The van der Waals surface area contributed by atoms with Crippen molar-refractivity contribution in [3.8, 4) is 0 Å². The summed E-state index contributed by atoms with van der Waals surface area (Å²) in [5.41, 5.74) is 2.46. The molecule has 0 saturated carbocycles. The Kier molecular flexibility index (Phi) is 2.18. The lowest BCUT2D eigenvalue weighted by atomic mass is 10.1. The average Bonchev–Trinajstić information content (AvgIpc) is 2.36. The Hall–Kier alpha value is -2.51. The van der Waals surface area contributed by atoms with Crippen LogP contribution in [0, 0.1) is 0 Å². The number of para-hydroxylation sites is 1. The van der Waals surface area contributed by atoms with Crippen molar-refractivity contribution in [3.05, 3.63) is 48.5 Å². The van der Waals surface area contributed by atoms with Crippen molar-refractivity contribution in [3.63, 3.8) is 0 Å². The minimum Gasteiger partial charge on any atom is -0.248 e. The van der Waals surface area contributed by atoms with Crippen molar-refractivity contribution in [1.29, 1.82) is 0 Å². The first kappa shape index (κ1) is 9.70. The quantitative estimate of drug-likeness (QED) is 0.358. The maximum absolute atomic E-state index is 10.2. The number of rotatable bonds is 1. The van der Waals surface area contributed by atoms with Gasteiger partial charge in [0.15, 0.2) is 0 Å². The number of pyridine rings is 1. The van der Waals surface area contributed by atoms with E-state index in [9.17, 15) is 4.79 Å². The highest BCUT2D eigenvalue weighted by molar-refractivity contribution is 5.93. The molecule has 0 bridgehead atoms. The highest BCUT2D eigenvalue weighted by atomic mass is 16.1. The number of aliphatic imine (C=N–C) groups is 1. The molecule has 0 aliphatic heterocycles. The lowest BCUT2D eigenvalue weighted by Gasteiger charge is -2.01. The molecule has 0 fully saturated rings. The van der Waals surface area contributed by atoms with Gasteiger partial charge in [0.25, 0.3) is 0 Å². The lowest BCUT2D eigenvalue weighted by molar-refractivity contribution is 0.565. The molecule has 3 nitrogen and oxygen atoms in total. The maximum Gasteiger partial charge on any atom is 0.240 e. The van der Waals surface area contributed by atoms with Gasteiger partial charge in [-0.05, 0) is 30.3 Å². The summed E-state index contributed by atoms with van der Waals surface area (Å²) in [6.07, 6.45) is 1.54. The van der Waals surface area contributed by atoms with Crippen LogP contribution in [0.3, 0.4) is 0 Å². The Balaban J connectivity index is 2.36. The van der Waals surface area contributed by atoms with Gasteiger partial charge in [0.2, 0.25) is 6.08 Å². The molecule has 0 unspecified atom stereocenters. The Bertz CT molecular complexity index is 758. The smallest absolute Gasteiger partial charge is 0.240 e. The monoisotopic (exact) mass is 220 g/mol. The Morgan fingerprint density at radius 3 is 2.65 bits per heavy atom. The van der Waals surface area contributed by atoms with Crippen LogP contribution >= 0.6 is 0 Å². The standard InChI is InChI=1S/C14H8N2O/c17-9-15-12-5-6-14-11(8-12)7-10-3-1-2-4-13(10)16-14/h1-8H. The molecule has 0 amide bonds. The van der Waals surface area contributed by atoms with Gasteiger partial charge in [0.05, 0.1) is 16.7 Å². The zero-order chi connectivity index (χ0) is 11.7. The highest BCUT2D eigenvalue weighted by Crippen LogP contribution is 2.23. The van der Waals surface area contributed by atoms with E-state index in [4.69, 9.17) is 0 Å². The normalized spacial score (nSPS) is 10.4. The van der Waals surface area contributed by atoms with Crippen LogP contribution in [0.4, 0.5) is 5.69 Å². The molecule has 0 spiro atoms. The fraction of sp³-hybridized carbons (Fsp3) is 0. The highest BCUT2D eigenvalue weighted by Gasteiger charge is 2.00. The number of hydrogen-bond donors (Lipinski definition) is 0. The third kappa shape index (κ3) is 1.69. The summed E-state index contributed by atoms with van der Waals surface area (Å²) in [6, 6.07) is 15.4. The molecule has 0 aliphatic rings. The predicted molar refractivity (Wildman–Crippen MR) is 67.0 cm³/mol. The van der Waals surface area contributed by atoms with Gasteiger partial charge in [-0.2, -0.15) is 4.99 Å². The Morgan fingerprint density at radius 1 is 0.941 bits per heavy atom. The van der Waals surface area contributed by atoms with Crippen LogP contribution in [0.25, 0.3) is 21.8 Å². The summed E-state index contributed by atoms with van der Waals surface area (Å²) >= 11 is 0. The number of benzene rings is 2.